The van der Waals surface area contributed by atoms with Crippen LogP contribution in [0.4, 0.5) is 0 Å². The molecule has 5 nitrogen and oxygen atoms in total. The molecule has 1 aliphatic rings. The van der Waals surface area contributed by atoms with Gasteiger partial charge in [0.15, 0.2) is 0 Å². The largest absolute Gasteiger partial charge is 0.507 e. The van der Waals surface area contributed by atoms with Crippen molar-refractivity contribution >= 4 is 11.8 Å². The summed E-state index contributed by atoms with van der Waals surface area (Å²) in [6.45, 7) is 4.46. The van der Waals surface area contributed by atoms with E-state index < -0.39 is 0 Å². The third-order valence-corrected chi connectivity index (χ3v) is 3.66. The van der Waals surface area contributed by atoms with Crippen molar-refractivity contribution in [3.8, 4) is 5.75 Å². The molecule has 1 fully saturated rings. The summed E-state index contributed by atoms with van der Waals surface area (Å²) in [6, 6.07) is 5.33. The maximum absolute atomic E-state index is 12.4. The molecule has 108 valence electrons. The topological polar surface area (TPSA) is 69.6 Å². The number of piperidine rings is 1. The first-order chi connectivity index (χ1) is 9.49. The molecular formula is C15H20N2O3. The Labute approximate surface area is 118 Å². The van der Waals surface area contributed by atoms with Crippen LogP contribution in [-0.2, 0) is 4.79 Å². The highest BCUT2D eigenvalue weighted by Gasteiger charge is 2.25. The summed E-state index contributed by atoms with van der Waals surface area (Å²) < 4.78 is 0. The van der Waals surface area contributed by atoms with Crippen molar-refractivity contribution in [2.75, 3.05) is 13.1 Å². The third kappa shape index (κ3) is 3.10. The fourth-order valence-electron chi connectivity index (χ4n) is 2.52. The van der Waals surface area contributed by atoms with Crippen LogP contribution in [0, 0.1) is 6.92 Å². The van der Waals surface area contributed by atoms with Gasteiger partial charge in [-0.2, -0.15) is 0 Å². The van der Waals surface area contributed by atoms with Gasteiger partial charge in [-0.1, -0.05) is 12.1 Å². The van der Waals surface area contributed by atoms with Crippen molar-refractivity contribution in [2.24, 2.45) is 0 Å². The minimum Gasteiger partial charge on any atom is -0.507 e. The standard InChI is InChI=1S/C15H20N2O3/c1-10-4-3-5-13(14(10)19)15(20)17-8-6-12(7-9-17)16-11(2)18/h3-5,12,19H,6-9H2,1-2H3,(H,16,18). The van der Waals surface area contributed by atoms with E-state index in [0.717, 1.165) is 12.8 Å². The van der Waals surface area contributed by atoms with Gasteiger partial charge in [-0.05, 0) is 31.4 Å². The lowest BCUT2D eigenvalue weighted by Crippen LogP contribution is -2.46. The highest BCUT2D eigenvalue weighted by Crippen LogP contribution is 2.24. The molecule has 0 aromatic heterocycles. The molecule has 1 aromatic carbocycles. The fraction of sp³-hybridized carbons (Fsp3) is 0.467. The zero-order chi connectivity index (χ0) is 14.7. The first-order valence-corrected chi connectivity index (χ1v) is 6.84. The van der Waals surface area contributed by atoms with Crippen LogP contribution in [0.2, 0.25) is 0 Å². The van der Waals surface area contributed by atoms with E-state index in [0.29, 0.717) is 24.2 Å². The second-order valence-corrected chi connectivity index (χ2v) is 5.24. The fourth-order valence-corrected chi connectivity index (χ4v) is 2.52. The average Bonchev–Trinajstić information content (AvgIpc) is 2.41. The summed E-state index contributed by atoms with van der Waals surface area (Å²) in [7, 11) is 0. The van der Waals surface area contributed by atoms with E-state index >= 15 is 0 Å². The first-order valence-electron chi connectivity index (χ1n) is 6.84. The lowest BCUT2D eigenvalue weighted by molar-refractivity contribution is -0.119. The Balaban J connectivity index is 2.02. The normalized spacial score (nSPS) is 16.0. The van der Waals surface area contributed by atoms with E-state index in [2.05, 4.69) is 5.32 Å². The highest BCUT2D eigenvalue weighted by atomic mass is 16.3. The van der Waals surface area contributed by atoms with Gasteiger partial charge in [-0.15, -0.1) is 0 Å². The van der Waals surface area contributed by atoms with Gasteiger partial charge in [0.25, 0.3) is 5.91 Å². The van der Waals surface area contributed by atoms with Crippen LogP contribution in [-0.4, -0.2) is 41.0 Å². The molecule has 1 heterocycles. The van der Waals surface area contributed by atoms with Crippen molar-refractivity contribution in [3.05, 3.63) is 29.3 Å². The molecule has 0 unspecified atom stereocenters. The summed E-state index contributed by atoms with van der Waals surface area (Å²) in [5, 5.41) is 12.8. The number of rotatable bonds is 2. The molecule has 5 heteroatoms. The van der Waals surface area contributed by atoms with Crippen LogP contribution in [0.3, 0.4) is 0 Å². The quantitative estimate of drug-likeness (QED) is 0.858. The Kier molecular flexibility index (Phi) is 4.27. The van der Waals surface area contributed by atoms with Crippen molar-refractivity contribution in [3.63, 3.8) is 0 Å². The number of carbonyl (C=O) groups excluding carboxylic acids is 2. The van der Waals surface area contributed by atoms with Gasteiger partial charge in [-0.3, -0.25) is 9.59 Å². The molecule has 2 rings (SSSR count). The summed E-state index contributed by atoms with van der Waals surface area (Å²) in [5.74, 6) is -0.125. The molecule has 20 heavy (non-hydrogen) atoms. The van der Waals surface area contributed by atoms with E-state index in [4.69, 9.17) is 0 Å². The minimum atomic E-state index is -0.146. The summed E-state index contributed by atoms with van der Waals surface area (Å²) >= 11 is 0. The number of likely N-dealkylation sites (tertiary alicyclic amines) is 1. The van der Waals surface area contributed by atoms with E-state index in [1.165, 1.54) is 6.92 Å². The van der Waals surface area contributed by atoms with Crippen LogP contribution in [0.25, 0.3) is 0 Å². The monoisotopic (exact) mass is 276 g/mol. The number of benzene rings is 1. The predicted molar refractivity (Wildman–Crippen MR) is 75.6 cm³/mol. The third-order valence-electron chi connectivity index (χ3n) is 3.66. The molecule has 0 saturated carbocycles. The van der Waals surface area contributed by atoms with Crippen molar-refractivity contribution in [1.29, 1.82) is 0 Å². The first kappa shape index (κ1) is 14.4. The molecular weight excluding hydrogens is 256 g/mol. The number of hydrogen-bond donors (Lipinski definition) is 2. The lowest BCUT2D eigenvalue weighted by Gasteiger charge is -2.32. The highest BCUT2D eigenvalue weighted by molar-refractivity contribution is 5.97. The second-order valence-electron chi connectivity index (χ2n) is 5.24. The van der Waals surface area contributed by atoms with Crippen molar-refractivity contribution in [2.45, 2.75) is 32.7 Å². The zero-order valence-corrected chi connectivity index (χ0v) is 11.8. The van der Waals surface area contributed by atoms with Crippen molar-refractivity contribution in [1.82, 2.24) is 10.2 Å². The van der Waals surface area contributed by atoms with E-state index in [1.54, 1.807) is 30.0 Å². The van der Waals surface area contributed by atoms with Gasteiger partial charge >= 0.3 is 0 Å². The van der Waals surface area contributed by atoms with Crippen LogP contribution in [0.15, 0.2) is 18.2 Å². The number of aryl methyl sites for hydroxylation is 1. The molecule has 1 aromatic rings. The number of amides is 2. The number of hydrogen-bond acceptors (Lipinski definition) is 3. The number of aromatic hydroxyl groups is 1. The van der Waals surface area contributed by atoms with Gasteiger partial charge in [0.05, 0.1) is 5.56 Å². The van der Waals surface area contributed by atoms with Crippen molar-refractivity contribution < 1.29 is 14.7 Å². The minimum absolute atomic E-state index is 0.0360. The van der Waals surface area contributed by atoms with Crippen LogP contribution >= 0.6 is 0 Å². The Morgan fingerprint density at radius 3 is 2.55 bits per heavy atom. The molecule has 0 bridgehead atoms. The predicted octanol–water partition coefficient (Wildman–Crippen LogP) is 1.44. The summed E-state index contributed by atoms with van der Waals surface area (Å²) in [6.07, 6.45) is 1.50. The number of para-hydroxylation sites is 1. The maximum Gasteiger partial charge on any atom is 0.257 e. The van der Waals surface area contributed by atoms with Gasteiger partial charge in [0, 0.05) is 26.1 Å². The number of nitrogens with zero attached hydrogens (tertiary/aromatic N) is 1. The van der Waals surface area contributed by atoms with E-state index in [-0.39, 0.29) is 23.6 Å². The average molecular weight is 276 g/mol. The van der Waals surface area contributed by atoms with Crippen LogP contribution in [0.1, 0.15) is 35.7 Å². The zero-order valence-electron chi connectivity index (χ0n) is 11.8. The summed E-state index contributed by atoms with van der Waals surface area (Å²) in [4.78, 5) is 25.1. The molecule has 0 atom stereocenters. The summed E-state index contributed by atoms with van der Waals surface area (Å²) in [5.41, 5.74) is 1.05. The second kappa shape index (κ2) is 5.94. The Bertz CT molecular complexity index is 520. The molecule has 0 radical (unpaired) electrons. The SMILES string of the molecule is CC(=O)NC1CCN(C(=O)c2cccc(C)c2O)CC1. The van der Waals surface area contributed by atoms with E-state index in [1.807, 2.05) is 0 Å². The van der Waals surface area contributed by atoms with Gasteiger partial charge in [-0.25, -0.2) is 0 Å². The maximum atomic E-state index is 12.4. The van der Waals surface area contributed by atoms with Gasteiger partial charge < -0.3 is 15.3 Å². The molecule has 2 N–H and O–H groups in total. The Morgan fingerprint density at radius 2 is 1.95 bits per heavy atom. The Hall–Kier alpha value is -2.04. The lowest BCUT2D eigenvalue weighted by atomic mass is 10.0. The smallest absolute Gasteiger partial charge is 0.257 e. The molecule has 0 aliphatic carbocycles. The van der Waals surface area contributed by atoms with Gasteiger partial charge in [0.2, 0.25) is 5.91 Å². The number of carbonyl (C=O) groups is 2. The number of phenols is 1. The molecule has 0 spiro atoms. The molecule has 2 amide bonds. The number of nitrogens with one attached hydrogen (secondary N) is 1. The molecule has 1 aliphatic heterocycles. The van der Waals surface area contributed by atoms with Gasteiger partial charge in [0.1, 0.15) is 5.75 Å². The Morgan fingerprint density at radius 1 is 1.30 bits per heavy atom. The van der Waals surface area contributed by atoms with Crippen LogP contribution < -0.4 is 5.32 Å². The van der Waals surface area contributed by atoms with Crippen LogP contribution in [0.5, 0.6) is 5.75 Å². The number of phenolic OH excluding ortho intramolecular Hbond substituents is 1. The molecule has 1 saturated heterocycles. The van der Waals surface area contributed by atoms with E-state index in [9.17, 15) is 14.7 Å².